The Morgan fingerprint density at radius 1 is 1.17 bits per heavy atom. The number of hydrogen-bond donors (Lipinski definition) is 1. The molecule has 1 amide bonds. The molecule has 6 nitrogen and oxygen atoms in total. The van der Waals surface area contributed by atoms with E-state index < -0.39 is 11.9 Å². The molecule has 154 valence electrons. The molecule has 0 saturated heterocycles. The molecule has 0 aliphatic rings. The van der Waals surface area contributed by atoms with E-state index in [0.29, 0.717) is 45.6 Å². The molecule has 0 bridgehead atoms. The highest BCUT2D eigenvalue weighted by Crippen LogP contribution is 2.32. The lowest BCUT2D eigenvalue weighted by Crippen LogP contribution is -2.16. The van der Waals surface area contributed by atoms with Gasteiger partial charge < -0.3 is 9.73 Å². The molecule has 0 fully saturated rings. The maximum atomic E-state index is 12.5. The zero-order chi connectivity index (χ0) is 20.9. The van der Waals surface area contributed by atoms with Crippen LogP contribution in [-0.2, 0) is 11.3 Å². The van der Waals surface area contributed by atoms with E-state index in [1.165, 1.54) is 11.8 Å². The Bertz CT molecular complexity index is 958. The Hall–Kier alpha value is -2.40. The fraction of sp³-hybridized carbons (Fsp3) is 0.278. The van der Waals surface area contributed by atoms with E-state index in [2.05, 4.69) is 15.5 Å². The lowest BCUT2D eigenvalue weighted by Gasteiger charge is -2.12. The van der Waals surface area contributed by atoms with Crippen molar-refractivity contribution in [3.05, 3.63) is 42.7 Å². The number of alkyl halides is 3. The molecule has 0 aliphatic carbocycles. The zero-order valence-corrected chi connectivity index (χ0v) is 16.9. The monoisotopic (exact) mass is 442 g/mol. The first kappa shape index (κ1) is 21.3. The van der Waals surface area contributed by atoms with Gasteiger partial charge in [-0.15, -0.1) is 22.0 Å². The molecular formula is C18H17F3N4O2S2. The number of halogens is 3. The number of carbonyl (C=O) groups excluding carboxylic acids is 1. The van der Waals surface area contributed by atoms with Gasteiger partial charge in [0.1, 0.15) is 0 Å². The van der Waals surface area contributed by atoms with Crippen LogP contribution in [0.5, 0.6) is 0 Å². The number of benzene rings is 1. The van der Waals surface area contributed by atoms with Gasteiger partial charge in [0.05, 0.1) is 23.5 Å². The van der Waals surface area contributed by atoms with Crippen LogP contribution in [0.25, 0.3) is 11.6 Å². The van der Waals surface area contributed by atoms with Gasteiger partial charge in [-0.3, -0.25) is 9.36 Å². The molecule has 2 aromatic heterocycles. The average molecular weight is 442 g/mol. The average Bonchev–Trinajstić information content (AvgIpc) is 3.34. The van der Waals surface area contributed by atoms with E-state index in [1.807, 2.05) is 11.5 Å². The predicted molar refractivity (Wildman–Crippen MR) is 106 cm³/mol. The number of rotatable bonds is 8. The topological polar surface area (TPSA) is 73.0 Å². The first-order valence-electron chi connectivity index (χ1n) is 8.55. The van der Waals surface area contributed by atoms with Crippen LogP contribution in [0.2, 0.25) is 0 Å². The standard InChI is InChI=1S/C18H17F3N4O2S2/c1-2-25-16(13-7-5-9-27-13)23-24-17(25)28-10-15(26)22-12-6-3-4-8-14(12)29-11-18(19,20)21/h3-9H,2,10-11H2,1H3,(H,22,26). The van der Waals surface area contributed by atoms with Crippen LogP contribution in [0.15, 0.2) is 57.1 Å². The van der Waals surface area contributed by atoms with Crippen molar-refractivity contribution in [3.63, 3.8) is 0 Å². The van der Waals surface area contributed by atoms with Crippen molar-refractivity contribution in [2.45, 2.75) is 29.7 Å². The van der Waals surface area contributed by atoms with Gasteiger partial charge in [-0.05, 0) is 31.2 Å². The summed E-state index contributed by atoms with van der Waals surface area (Å²) in [5, 5.41) is 11.4. The van der Waals surface area contributed by atoms with Crippen LogP contribution >= 0.6 is 23.5 Å². The van der Waals surface area contributed by atoms with E-state index in [-0.39, 0.29) is 11.7 Å². The third kappa shape index (κ3) is 5.80. The number of anilines is 1. The lowest BCUT2D eigenvalue weighted by molar-refractivity contribution is -0.113. The summed E-state index contributed by atoms with van der Waals surface area (Å²) < 4.78 is 44.6. The fourth-order valence-electron chi connectivity index (χ4n) is 2.44. The van der Waals surface area contributed by atoms with E-state index in [4.69, 9.17) is 4.42 Å². The van der Waals surface area contributed by atoms with Crippen molar-refractivity contribution in [3.8, 4) is 11.6 Å². The predicted octanol–water partition coefficient (Wildman–Crippen LogP) is 4.94. The minimum absolute atomic E-state index is 0.0363. The van der Waals surface area contributed by atoms with Crippen LogP contribution in [0.1, 0.15) is 6.92 Å². The molecule has 1 aromatic carbocycles. The lowest BCUT2D eigenvalue weighted by atomic mass is 10.3. The summed E-state index contributed by atoms with van der Waals surface area (Å²) in [5.74, 6) is -0.195. The minimum atomic E-state index is -4.28. The summed E-state index contributed by atoms with van der Waals surface area (Å²) in [6.45, 7) is 2.51. The Morgan fingerprint density at radius 2 is 1.97 bits per heavy atom. The van der Waals surface area contributed by atoms with Gasteiger partial charge >= 0.3 is 6.18 Å². The van der Waals surface area contributed by atoms with Gasteiger partial charge in [-0.1, -0.05) is 23.9 Å². The zero-order valence-electron chi connectivity index (χ0n) is 15.3. The smallest absolute Gasteiger partial charge is 0.398 e. The van der Waals surface area contributed by atoms with Gasteiger partial charge in [0.25, 0.3) is 0 Å². The van der Waals surface area contributed by atoms with Crippen LogP contribution in [-0.4, -0.2) is 38.4 Å². The number of carbonyl (C=O) groups is 1. The maximum absolute atomic E-state index is 12.5. The van der Waals surface area contributed by atoms with Gasteiger partial charge in [0.15, 0.2) is 16.7 Å². The number of nitrogens with zero attached hydrogens (tertiary/aromatic N) is 3. The summed E-state index contributed by atoms with van der Waals surface area (Å²) >= 11 is 1.82. The molecule has 0 saturated carbocycles. The molecule has 0 radical (unpaired) electrons. The Labute approximate surface area is 173 Å². The van der Waals surface area contributed by atoms with Crippen molar-refractivity contribution in [2.75, 3.05) is 16.8 Å². The van der Waals surface area contributed by atoms with Crippen molar-refractivity contribution in [2.24, 2.45) is 0 Å². The van der Waals surface area contributed by atoms with Crippen molar-refractivity contribution < 1.29 is 22.4 Å². The Kier molecular flexibility index (Phi) is 6.91. The molecule has 0 spiro atoms. The van der Waals surface area contributed by atoms with E-state index in [1.54, 1.807) is 42.7 Å². The Balaban J connectivity index is 1.63. The normalized spacial score (nSPS) is 11.6. The van der Waals surface area contributed by atoms with Crippen molar-refractivity contribution in [1.82, 2.24) is 14.8 Å². The highest BCUT2D eigenvalue weighted by Gasteiger charge is 2.27. The molecular weight excluding hydrogens is 425 g/mol. The number of hydrogen-bond acceptors (Lipinski definition) is 6. The van der Waals surface area contributed by atoms with Crippen LogP contribution < -0.4 is 5.32 Å². The molecule has 1 N–H and O–H groups in total. The summed E-state index contributed by atoms with van der Waals surface area (Å²) in [6, 6.07) is 9.92. The van der Waals surface area contributed by atoms with Crippen molar-refractivity contribution in [1.29, 1.82) is 0 Å². The minimum Gasteiger partial charge on any atom is -0.461 e. The molecule has 3 aromatic rings. The molecule has 3 rings (SSSR count). The number of furan rings is 1. The van der Waals surface area contributed by atoms with E-state index >= 15 is 0 Å². The summed E-state index contributed by atoms with van der Waals surface area (Å²) in [6.07, 6.45) is -2.74. The molecule has 0 unspecified atom stereocenters. The Morgan fingerprint density at radius 3 is 2.66 bits per heavy atom. The summed E-state index contributed by atoms with van der Waals surface area (Å²) in [4.78, 5) is 12.7. The third-order valence-corrected chi connectivity index (χ3v) is 5.76. The van der Waals surface area contributed by atoms with E-state index in [0.717, 1.165) is 0 Å². The fourth-order valence-corrected chi connectivity index (χ4v) is 4.01. The first-order chi connectivity index (χ1) is 13.9. The number of nitrogens with one attached hydrogen (secondary N) is 1. The second kappa shape index (κ2) is 9.40. The highest BCUT2D eigenvalue weighted by atomic mass is 32.2. The molecule has 0 atom stereocenters. The number of thioether (sulfide) groups is 2. The highest BCUT2D eigenvalue weighted by molar-refractivity contribution is 8.00. The second-order valence-corrected chi connectivity index (χ2v) is 7.72. The molecule has 2 heterocycles. The largest absolute Gasteiger partial charge is 0.461 e. The summed E-state index contributed by atoms with van der Waals surface area (Å²) in [7, 11) is 0. The van der Waals surface area contributed by atoms with Gasteiger partial charge in [0.2, 0.25) is 5.91 Å². The van der Waals surface area contributed by atoms with Crippen LogP contribution in [0, 0.1) is 0 Å². The number of amides is 1. The van der Waals surface area contributed by atoms with Crippen LogP contribution in [0.4, 0.5) is 18.9 Å². The SMILES string of the molecule is CCn1c(SCC(=O)Nc2ccccc2SCC(F)(F)F)nnc1-c1ccco1. The van der Waals surface area contributed by atoms with Crippen molar-refractivity contribution >= 4 is 35.1 Å². The van der Waals surface area contributed by atoms with Gasteiger partial charge in [0, 0.05) is 11.4 Å². The van der Waals surface area contributed by atoms with Gasteiger partial charge in [-0.25, -0.2) is 0 Å². The molecule has 0 aliphatic heterocycles. The maximum Gasteiger partial charge on any atom is 0.398 e. The first-order valence-corrected chi connectivity index (χ1v) is 10.5. The number of aromatic nitrogens is 3. The second-order valence-electron chi connectivity index (χ2n) is 5.76. The quantitative estimate of drug-likeness (QED) is 0.498. The number of para-hydroxylation sites is 1. The molecule has 29 heavy (non-hydrogen) atoms. The summed E-state index contributed by atoms with van der Waals surface area (Å²) in [5.41, 5.74) is 0.348. The molecule has 11 heteroatoms. The third-order valence-electron chi connectivity index (χ3n) is 3.66. The van der Waals surface area contributed by atoms with Gasteiger partial charge in [-0.2, -0.15) is 13.2 Å². The van der Waals surface area contributed by atoms with E-state index in [9.17, 15) is 18.0 Å². The van der Waals surface area contributed by atoms with Crippen LogP contribution in [0.3, 0.4) is 0 Å².